The summed E-state index contributed by atoms with van der Waals surface area (Å²) in [4.78, 5) is 25.4. The van der Waals surface area contributed by atoms with Gasteiger partial charge in [0.05, 0.1) is 6.54 Å². The normalized spacial score (nSPS) is 13.5. The van der Waals surface area contributed by atoms with Gasteiger partial charge < -0.3 is 16.0 Å². The smallest absolute Gasteiger partial charge is 0.321 e. The van der Waals surface area contributed by atoms with Gasteiger partial charge in [0.15, 0.2) is 0 Å². The highest BCUT2D eigenvalue weighted by Crippen LogP contribution is 2.28. The zero-order valence-electron chi connectivity index (χ0n) is 12.3. The number of rotatable bonds is 4. The number of carbonyl (C=O) groups is 2. The molecular weight excluding hydrogens is 268 g/mol. The lowest BCUT2D eigenvalue weighted by Crippen LogP contribution is -2.45. The molecule has 0 aliphatic carbocycles. The average molecular weight is 290 g/mol. The Hall–Kier alpha value is -2.24. The Morgan fingerprint density at radius 1 is 1.38 bits per heavy atom. The number of nitrogens with two attached hydrogens (primary N) is 1. The summed E-state index contributed by atoms with van der Waals surface area (Å²) < 4.78 is 0. The molecular formula is C15H22N4O2. The molecule has 0 radical (unpaired) electrons. The number of amides is 3. The predicted molar refractivity (Wildman–Crippen MR) is 83.2 cm³/mol. The summed E-state index contributed by atoms with van der Waals surface area (Å²) in [7, 11) is 0. The van der Waals surface area contributed by atoms with Gasteiger partial charge in [-0.3, -0.25) is 10.1 Å². The van der Waals surface area contributed by atoms with E-state index in [1.807, 2.05) is 30.0 Å². The number of benzene rings is 1. The molecule has 0 atom stereocenters. The number of imide groups is 1. The van der Waals surface area contributed by atoms with E-state index in [9.17, 15) is 9.59 Å². The molecule has 0 aromatic heterocycles. The van der Waals surface area contributed by atoms with Crippen LogP contribution in [0.15, 0.2) is 18.2 Å². The Morgan fingerprint density at radius 2 is 2.19 bits per heavy atom. The largest absolute Gasteiger partial charge is 0.399 e. The van der Waals surface area contributed by atoms with Crippen LogP contribution in [0, 0.1) is 0 Å². The van der Waals surface area contributed by atoms with Crippen molar-refractivity contribution >= 4 is 23.3 Å². The van der Waals surface area contributed by atoms with Crippen molar-refractivity contribution in [3.63, 3.8) is 0 Å². The Bertz CT molecular complexity index is 530. The fourth-order valence-electron chi connectivity index (χ4n) is 2.48. The second-order valence-corrected chi connectivity index (χ2v) is 5.22. The predicted octanol–water partition coefficient (Wildman–Crippen LogP) is 1.26. The van der Waals surface area contributed by atoms with Crippen molar-refractivity contribution in [2.45, 2.75) is 26.2 Å². The van der Waals surface area contributed by atoms with Gasteiger partial charge >= 0.3 is 6.03 Å². The quantitative estimate of drug-likeness (QED) is 0.728. The summed E-state index contributed by atoms with van der Waals surface area (Å²) in [6.07, 6.45) is 2.78. The van der Waals surface area contributed by atoms with E-state index < -0.39 is 6.03 Å². The minimum atomic E-state index is -0.434. The molecule has 0 fully saturated rings. The lowest BCUT2D eigenvalue weighted by Gasteiger charge is -2.30. The molecule has 0 saturated heterocycles. The first-order valence-corrected chi connectivity index (χ1v) is 7.31. The molecule has 4 N–H and O–H groups in total. The molecule has 6 heteroatoms. The van der Waals surface area contributed by atoms with Crippen molar-refractivity contribution in [2.75, 3.05) is 30.3 Å². The minimum absolute atomic E-state index is 0.177. The van der Waals surface area contributed by atoms with Crippen LogP contribution < -0.4 is 21.3 Å². The maximum Gasteiger partial charge on any atom is 0.321 e. The van der Waals surface area contributed by atoms with E-state index >= 15 is 0 Å². The molecule has 114 valence electrons. The Morgan fingerprint density at radius 3 is 2.95 bits per heavy atom. The van der Waals surface area contributed by atoms with E-state index in [4.69, 9.17) is 5.73 Å². The molecule has 1 aliphatic heterocycles. The lowest BCUT2D eigenvalue weighted by atomic mass is 10.0. The molecule has 3 amide bonds. The second-order valence-electron chi connectivity index (χ2n) is 5.22. The van der Waals surface area contributed by atoms with Crippen molar-refractivity contribution in [2.24, 2.45) is 0 Å². The molecule has 0 saturated carbocycles. The van der Waals surface area contributed by atoms with Crippen LogP contribution in [-0.2, 0) is 11.2 Å². The summed E-state index contributed by atoms with van der Waals surface area (Å²) in [5.74, 6) is -0.298. The molecule has 0 unspecified atom stereocenters. The molecule has 1 aromatic carbocycles. The van der Waals surface area contributed by atoms with Crippen molar-refractivity contribution in [3.8, 4) is 0 Å². The molecule has 21 heavy (non-hydrogen) atoms. The highest BCUT2D eigenvalue weighted by atomic mass is 16.2. The fraction of sp³-hybridized carbons (Fsp3) is 0.467. The third-order valence-corrected chi connectivity index (χ3v) is 3.44. The first-order chi connectivity index (χ1) is 10.1. The molecule has 0 spiro atoms. The Balaban J connectivity index is 1.95. The van der Waals surface area contributed by atoms with Gasteiger partial charge in [-0.05, 0) is 43.0 Å². The number of nitrogen functional groups attached to an aromatic ring is 1. The van der Waals surface area contributed by atoms with Gasteiger partial charge in [-0.15, -0.1) is 0 Å². The van der Waals surface area contributed by atoms with E-state index in [1.165, 1.54) is 0 Å². The molecule has 1 aliphatic rings. The monoisotopic (exact) mass is 290 g/mol. The molecule has 1 aromatic rings. The van der Waals surface area contributed by atoms with Gasteiger partial charge in [-0.25, -0.2) is 4.79 Å². The zero-order valence-corrected chi connectivity index (χ0v) is 12.3. The van der Waals surface area contributed by atoms with Crippen molar-refractivity contribution in [1.82, 2.24) is 10.6 Å². The molecule has 6 nitrogen and oxygen atoms in total. The number of aryl methyl sites for hydroxylation is 1. The minimum Gasteiger partial charge on any atom is -0.399 e. The van der Waals surface area contributed by atoms with Crippen LogP contribution in [-0.4, -0.2) is 31.6 Å². The first kappa shape index (κ1) is 15.2. The maximum absolute atomic E-state index is 11.9. The van der Waals surface area contributed by atoms with E-state index in [0.717, 1.165) is 42.7 Å². The summed E-state index contributed by atoms with van der Waals surface area (Å²) in [5, 5.41) is 4.97. The summed E-state index contributed by atoms with van der Waals surface area (Å²) in [5.41, 5.74) is 8.71. The van der Waals surface area contributed by atoms with Crippen LogP contribution in [0.4, 0.5) is 16.2 Å². The third-order valence-electron chi connectivity index (χ3n) is 3.44. The van der Waals surface area contributed by atoms with E-state index in [-0.39, 0.29) is 12.5 Å². The number of hydrogen-bond acceptors (Lipinski definition) is 4. The number of nitrogens with zero attached hydrogens (tertiary/aromatic N) is 1. The topological polar surface area (TPSA) is 87.5 Å². The number of carbonyl (C=O) groups excluding carboxylic acids is 2. The number of anilines is 2. The van der Waals surface area contributed by atoms with Crippen molar-refractivity contribution < 1.29 is 9.59 Å². The van der Waals surface area contributed by atoms with Crippen molar-refractivity contribution in [3.05, 3.63) is 23.8 Å². The second kappa shape index (κ2) is 6.97. The number of urea groups is 1. The lowest BCUT2D eigenvalue weighted by molar-refractivity contribution is -0.118. The van der Waals surface area contributed by atoms with Gasteiger partial charge in [0, 0.05) is 24.5 Å². The Kier molecular flexibility index (Phi) is 5.03. The average Bonchev–Trinajstić information content (AvgIpc) is 2.44. The standard InChI is InChI=1S/C15H22N4O2/c1-2-7-17-15(21)18-14(20)10-19-8-3-4-11-9-12(16)5-6-13(11)19/h5-6,9H,2-4,7-8,10,16H2,1H3,(H2,17,18,20,21). The van der Waals surface area contributed by atoms with Crippen LogP contribution in [0.1, 0.15) is 25.3 Å². The highest BCUT2D eigenvalue weighted by molar-refractivity contribution is 5.96. The van der Waals surface area contributed by atoms with Gasteiger partial charge in [-0.2, -0.15) is 0 Å². The number of hydrogen-bond donors (Lipinski definition) is 3. The van der Waals surface area contributed by atoms with Gasteiger partial charge in [-0.1, -0.05) is 6.92 Å². The van der Waals surface area contributed by atoms with Crippen LogP contribution in [0.3, 0.4) is 0 Å². The van der Waals surface area contributed by atoms with Crippen LogP contribution in [0.25, 0.3) is 0 Å². The summed E-state index contributed by atoms with van der Waals surface area (Å²) >= 11 is 0. The SMILES string of the molecule is CCCNC(=O)NC(=O)CN1CCCc2cc(N)ccc21. The molecule has 2 rings (SSSR count). The highest BCUT2D eigenvalue weighted by Gasteiger charge is 2.19. The van der Waals surface area contributed by atoms with Crippen LogP contribution >= 0.6 is 0 Å². The third kappa shape index (κ3) is 4.11. The van der Waals surface area contributed by atoms with Crippen LogP contribution in [0.5, 0.6) is 0 Å². The summed E-state index contributed by atoms with van der Waals surface area (Å²) in [6, 6.07) is 5.29. The van der Waals surface area contributed by atoms with Gasteiger partial charge in [0.2, 0.25) is 5.91 Å². The molecule has 0 bridgehead atoms. The van der Waals surface area contributed by atoms with Crippen molar-refractivity contribution in [1.29, 1.82) is 0 Å². The zero-order chi connectivity index (χ0) is 15.2. The van der Waals surface area contributed by atoms with E-state index in [0.29, 0.717) is 6.54 Å². The number of nitrogens with one attached hydrogen (secondary N) is 2. The van der Waals surface area contributed by atoms with Gasteiger partial charge in [0.1, 0.15) is 0 Å². The van der Waals surface area contributed by atoms with Crippen LogP contribution in [0.2, 0.25) is 0 Å². The van der Waals surface area contributed by atoms with Gasteiger partial charge in [0.25, 0.3) is 0 Å². The number of fused-ring (bicyclic) bond motifs is 1. The first-order valence-electron chi connectivity index (χ1n) is 7.31. The molecule has 1 heterocycles. The Labute approximate surface area is 124 Å². The maximum atomic E-state index is 11.9. The van der Waals surface area contributed by atoms with E-state index in [2.05, 4.69) is 10.6 Å². The summed E-state index contributed by atoms with van der Waals surface area (Å²) in [6.45, 7) is 3.50. The van der Waals surface area contributed by atoms with E-state index in [1.54, 1.807) is 0 Å². The fourth-order valence-corrected chi connectivity index (χ4v) is 2.48.